The molecule has 0 fully saturated rings. The second kappa shape index (κ2) is 5.87. The first-order chi connectivity index (χ1) is 7.04. The van der Waals surface area contributed by atoms with E-state index in [4.69, 9.17) is 4.74 Å². The van der Waals surface area contributed by atoms with E-state index in [9.17, 15) is 0 Å². The summed E-state index contributed by atoms with van der Waals surface area (Å²) in [5, 5.41) is 3.13. The molecule has 0 unspecified atom stereocenters. The van der Waals surface area contributed by atoms with Crippen molar-refractivity contribution in [3.05, 3.63) is 26.6 Å². The van der Waals surface area contributed by atoms with E-state index in [0.717, 1.165) is 26.8 Å². The number of hydrogen-bond acceptors (Lipinski definition) is 2. The zero-order valence-corrected chi connectivity index (χ0v) is 12.3. The minimum Gasteiger partial charge on any atom is -0.489 e. The lowest BCUT2D eigenvalue weighted by atomic mass is 10.2. The third-order valence-electron chi connectivity index (χ3n) is 1.81. The molecule has 84 valence electrons. The number of nitrogens with one attached hydrogen (secondary N) is 1. The molecule has 0 radical (unpaired) electrons. The topological polar surface area (TPSA) is 21.3 Å². The summed E-state index contributed by atoms with van der Waals surface area (Å²) in [6.07, 6.45) is 0.179. The average molecular weight is 337 g/mol. The van der Waals surface area contributed by atoms with Gasteiger partial charge in [-0.3, -0.25) is 0 Å². The van der Waals surface area contributed by atoms with Crippen LogP contribution in [-0.2, 0) is 6.54 Å². The third kappa shape index (κ3) is 3.78. The van der Waals surface area contributed by atoms with Gasteiger partial charge in [0.1, 0.15) is 5.75 Å². The SMILES string of the molecule is CNCc1cc(Br)cc(Br)c1OC(C)C. The molecule has 1 aromatic rings. The molecule has 1 aromatic carbocycles. The highest BCUT2D eigenvalue weighted by Crippen LogP contribution is 2.33. The Balaban J connectivity index is 3.08. The Morgan fingerprint density at radius 3 is 2.53 bits per heavy atom. The quantitative estimate of drug-likeness (QED) is 0.904. The van der Waals surface area contributed by atoms with E-state index in [-0.39, 0.29) is 6.10 Å². The Labute approximate surface area is 108 Å². The molecule has 2 nitrogen and oxygen atoms in total. The van der Waals surface area contributed by atoms with Gasteiger partial charge in [-0.05, 0) is 49.0 Å². The summed E-state index contributed by atoms with van der Waals surface area (Å²) in [5.74, 6) is 0.919. The van der Waals surface area contributed by atoms with Crippen LogP contribution in [0, 0.1) is 0 Å². The van der Waals surface area contributed by atoms with Crippen molar-refractivity contribution in [2.75, 3.05) is 7.05 Å². The van der Waals surface area contributed by atoms with Crippen LogP contribution < -0.4 is 10.1 Å². The fourth-order valence-corrected chi connectivity index (χ4v) is 2.71. The Morgan fingerprint density at radius 2 is 2.00 bits per heavy atom. The highest BCUT2D eigenvalue weighted by Gasteiger charge is 2.10. The maximum Gasteiger partial charge on any atom is 0.138 e. The van der Waals surface area contributed by atoms with E-state index in [0.29, 0.717) is 0 Å². The Bertz CT molecular complexity index is 340. The highest BCUT2D eigenvalue weighted by atomic mass is 79.9. The first-order valence-corrected chi connectivity index (χ1v) is 6.42. The Hall–Kier alpha value is -0.0600. The van der Waals surface area contributed by atoms with Crippen molar-refractivity contribution in [3.8, 4) is 5.75 Å². The van der Waals surface area contributed by atoms with Gasteiger partial charge >= 0.3 is 0 Å². The van der Waals surface area contributed by atoms with Crippen LogP contribution in [0.2, 0.25) is 0 Å². The number of hydrogen-bond donors (Lipinski definition) is 1. The zero-order chi connectivity index (χ0) is 11.4. The lowest BCUT2D eigenvalue weighted by molar-refractivity contribution is 0.238. The van der Waals surface area contributed by atoms with E-state index < -0.39 is 0 Å². The molecule has 15 heavy (non-hydrogen) atoms. The van der Waals surface area contributed by atoms with E-state index in [2.05, 4.69) is 43.2 Å². The highest BCUT2D eigenvalue weighted by molar-refractivity contribution is 9.11. The molecule has 0 saturated carbocycles. The molecule has 0 aliphatic rings. The number of ether oxygens (including phenoxy) is 1. The van der Waals surface area contributed by atoms with Gasteiger partial charge in [0.25, 0.3) is 0 Å². The van der Waals surface area contributed by atoms with E-state index >= 15 is 0 Å². The molecule has 0 saturated heterocycles. The lowest BCUT2D eigenvalue weighted by Gasteiger charge is -2.16. The summed E-state index contributed by atoms with van der Waals surface area (Å²) in [4.78, 5) is 0. The van der Waals surface area contributed by atoms with Gasteiger partial charge in [0.2, 0.25) is 0 Å². The van der Waals surface area contributed by atoms with Crippen molar-refractivity contribution >= 4 is 31.9 Å². The molecular formula is C11H15Br2NO. The molecule has 1 N–H and O–H groups in total. The van der Waals surface area contributed by atoms with Crippen LogP contribution in [-0.4, -0.2) is 13.2 Å². The fraction of sp³-hybridized carbons (Fsp3) is 0.455. The number of benzene rings is 1. The first kappa shape index (κ1) is 13.0. The van der Waals surface area contributed by atoms with Crippen LogP contribution in [0.3, 0.4) is 0 Å². The molecule has 0 aliphatic carbocycles. The summed E-state index contributed by atoms with van der Waals surface area (Å²) in [5.41, 5.74) is 1.15. The molecule has 0 atom stereocenters. The summed E-state index contributed by atoms with van der Waals surface area (Å²) in [6, 6.07) is 4.07. The number of rotatable bonds is 4. The lowest BCUT2D eigenvalue weighted by Crippen LogP contribution is -2.12. The molecule has 0 spiro atoms. The van der Waals surface area contributed by atoms with Gasteiger partial charge in [-0.15, -0.1) is 0 Å². The van der Waals surface area contributed by atoms with Crippen molar-refractivity contribution in [3.63, 3.8) is 0 Å². The van der Waals surface area contributed by atoms with Gasteiger partial charge in [0, 0.05) is 16.6 Å². The standard InChI is InChI=1S/C11H15Br2NO/c1-7(2)15-11-8(6-14-3)4-9(12)5-10(11)13/h4-5,7,14H,6H2,1-3H3. The van der Waals surface area contributed by atoms with Crippen LogP contribution in [0.1, 0.15) is 19.4 Å². The molecule has 4 heteroatoms. The van der Waals surface area contributed by atoms with Gasteiger partial charge in [0.15, 0.2) is 0 Å². The van der Waals surface area contributed by atoms with Crippen LogP contribution >= 0.6 is 31.9 Å². The minimum atomic E-state index is 0.179. The molecule has 0 heterocycles. The largest absolute Gasteiger partial charge is 0.489 e. The van der Waals surface area contributed by atoms with Crippen molar-refractivity contribution in [1.82, 2.24) is 5.32 Å². The minimum absolute atomic E-state index is 0.179. The van der Waals surface area contributed by atoms with Crippen molar-refractivity contribution in [1.29, 1.82) is 0 Å². The maximum atomic E-state index is 5.78. The second-order valence-electron chi connectivity index (χ2n) is 3.57. The second-order valence-corrected chi connectivity index (χ2v) is 5.34. The van der Waals surface area contributed by atoms with Gasteiger partial charge < -0.3 is 10.1 Å². The van der Waals surface area contributed by atoms with Gasteiger partial charge in [-0.2, -0.15) is 0 Å². The van der Waals surface area contributed by atoms with Crippen molar-refractivity contribution < 1.29 is 4.74 Å². The molecule has 0 bridgehead atoms. The molecule has 1 rings (SSSR count). The molecular weight excluding hydrogens is 322 g/mol. The normalized spacial score (nSPS) is 10.8. The van der Waals surface area contributed by atoms with Crippen molar-refractivity contribution in [2.45, 2.75) is 26.5 Å². The number of halogens is 2. The molecule has 0 aliphatic heterocycles. The molecule has 0 aromatic heterocycles. The van der Waals surface area contributed by atoms with Crippen LogP contribution in [0.4, 0.5) is 0 Å². The third-order valence-corrected chi connectivity index (χ3v) is 2.85. The zero-order valence-electron chi connectivity index (χ0n) is 9.10. The average Bonchev–Trinajstić information content (AvgIpc) is 2.11. The monoisotopic (exact) mass is 335 g/mol. The van der Waals surface area contributed by atoms with E-state index in [1.807, 2.05) is 27.0 Å². The van der Waals surface area contributed by atoms with Crippen LogP contribution in [0.15, 0.2) is 21.1 Å². The first-order valence-electron chi connectivity index (χ1n) is 4.83. The summed E-state index contributed by atoms with van der Waals surface area (Å²) in [7, 11) is 1.92. The van der Waals surface area contributed by atoms with Gasteiger partial charge in [-0.25, -0.2) is 0 Å². The van der Waals surface area contributed by atoms with Gasteiger partial charge in [0.05, 0.1) is 10.6 Å². The van der Waals surface area contributed by atoms with E-state index in [1.54, 1.807) is 0 Å². The van der Waals surface area contributed by atoms with E-state index in [1.165, 1.54) is 0 Å². The summed E-state index contributed by atoms with van der Waals surface area (Å²) in [6.45, 7) is 4.84. The van der Waals surface area contributed by atoms with Crippen LogP contribution in [0.5, 0.6) is 5.75 Å². The fourth-order valence-electron chi connectivity index (χ4n) is 1.30. The predicted octanol–water partition coefficient (Wildman–Crippen LogP) is 3.72. The summed E-state index contributed by atoms with van der Waals surface area (Å²) >= 11 is 6.98. The predicted molar refractivity (Wildman–Crippen MR) is 70.4 cm³/mol. The smallest absolute Gasteiger partial charge is 0.138 e. The van der Waals surface area contributed by atoms with Crippen molar-refractivity contribution in [2.24, 2.45) is 0 Å². The van der Waals surface area contributed by atoms with Crippen LogP contribution in [0.25, 0.3) is 0 Å². The molecule has 0 amide bonds. The summed E-state index contributed by atoms with van der Waals surface area (Å²) < 4.78 is 7.81. The maximum absolute atomic E-state index is 5.78. The Kier molecular flexibility index (Phi) is 5.09. The Morgan fingerprint density at radius 1 is 1.33 bits per heavy atom. The van der Waals surface area contributed by atoms with Gasteiger partial charge in [-0.1, -0.05) is 15.9 Å².